The van der Waals surface area contributed by atoms with E-state index >= 15 is 0 Å². The molecule has 0 aliphatic carbocycles. The van der Waals surface area contributed by atoms with Gasteiger partial charge in [-0.05, 0) is 18.4 Å². The highest BCUT2D eigenvalue weighted by atomic mass is 16.2. The summed E-state index contributed by atoms with van der Waals surface area (Å²) in [6.45, 7) is 2.87. The van der Waals surface area contributed by atoms with Crippen LogP contribution < -0.4 is 5.32 Å². The predicted molar refractivity (Wildman–Crippen MR) is 55.9 cm³/mol. The van der Waals surface area contributed by atoms with Gasteiger partial charge in [-0.15, -0.1) is 0 Å². The first kappa shape index (κ1) is 9.25. The Balaban J connectivity index is 2.14. The highest BCUT2D eigenvalue weighted by Crippen LogP contribution is 2.30. The second-order valence-electron chi connectivity index (χ2n) is 4.23. The lowest BCUT2D eigenvalue weighted by atomic mass is 9.82. The number of hydrogen-bond acceptors (Lipinski definition) is 1. The monoisotopic (exact) mass is 189 g/mol. The second-order valence-corrected chi connectivity index (χ2v) is 4.23. The third kappa shape index (κ3) is 1.65. The van der Waals surface area contributed by atoms with Crippen LogP contribution in [0.2, 0.25) is 0 Å². The molecule has 0 radical (unpaired) electrons. The van der Waals surface area contributed by atoms with Crippen LogP contribution in [0.1, 0.15) is 18.9 Å². The van der Waals surface area contributed by atoms with E-state index in [4.69, 9.17) is 0 Å². The predicted octanol–water partition coefficient (Wildman–Crippen LogP) is 1.76. The third-order valence-corrected chi connectivity index (χ3v) is 2.95. The number of amides is 1. The standard InChI is InChI=1S/C12H15NO/c1-12(7-8-13-11(12)14)9-10-5-3-2-4-6-10/h2-6H,7-9H2,1H3,(H,13,14)/t12-/m0/s1. The van der Waals surface area contributed by atoms with Crippen LogP contribution in [0.3, 0.4) is 0 Å². The molecule has 1 fully saturated rings. The van der Waals surface area contributed by atoms with Crippen molar-refractivity contribution in [2.24, 2.45) is 5.41 Å². The van der Waals surface area contributed by atoms with Crippen molar-refractivity contribution in [3.05, 3.63) is 35.9 Å². The zero-order valence-corrected chi connectivity index (χ0v) is 8.42. The van der Waals surface area contributed by atoms with Crippen molar-refractivity contribution >= 4 is 5.91 Å². The molecule has 0 saturated carbocycles. The van der Waals surface area contributed by atoms with E-state index in [1.807, 2.05) is 25.1 Å². The van der Waals surface area contributed by atoms with Crippen molar-refractivity contribution in [1.82, 2.24) is 5.32 Å². The summed E-state index contributed by atoms with van der Waals surface area (Å²) >= 11 is 0. The maximum Gasteiger partial charge on any atom is 0.226 e. The Morgan fingerprint density at radius 2 is 2.07 bits per heavy atom. The van der Waals surface area contributed by atoms with Gasteiger partial charge in [0, 0.05) is 6.54 Å². The molecule has 1 amide bonds. The Hall–Kier alpha value is -1.31. The minimum atomic E-state index is -0.193. The average molecular weight is 189 g/mol. The van der Waals surface area contributed by atoms with Crippen molar-refractivity contribution in [2.75, 3.05) is 6.54 Å². The molecular weight excluding hydrogens is 174 g/mol. The number of carbonyl (C=O) groups is 1. The smallest absolute Gasteiger partial charge is 0.226 e. The molecule has 0 unspecified atom stereocenters. The quantitative estimate of drug-likeness (QED) is 0.754. The van der Waals surface area contributed by atoms with E-state index in [0.29, 0.717) is 0 Å². The van der Waals surface area contributed by atoms with E-state index in [1.165, 1.54) is 5.56 Å². The van der Waals surface area contributed by atoms with Gasteiger partial charge in [0.25, 0.3) is 0 Å². The van der Waals surface area contributed by atoms with Crippen LogP contribution in [-0.4, -0.2) is 12.5 Å². The van der Waals surface area contributed by atoms with Crippen LogP contribution in [0.5, 0.6) is 0 Å². The summed E-state index contributed by atoms with van der Waals surface area (Å²) in [5, 5.41) is 2.89. The molecule has 1 heterocycles. The fourth-order valence-corrected chi connectivity index (χ4v) is 1.99. The van der Waals surface area contributed by atoms with Gasteiger partial charge in [-0.25, -0.2) is 0 Å². The molecule has 14 heavy (non-hydrogen) atoms. The summed E-state index contributed by atoms with van der Waals surface area (Å²) in [5.41, 5.74) is 1.05. The Labute approximate surface area is 84.3 Å². The first-order valence-electron chi connectivity index (χ1n) is 5.03. The molecule has 2 nitrogen and oxygen atoms in total. The van der Waals surface area contributed by atoms with Crippen molar-refractivity contribution in [1.29, 1.82) is 0 Å². The minimum Gasteiger partial charge on any atom is -0.356 e. The van der Waals surface area contributed by atoms with Gasteiger partial charge in [0.15, 0.2) is 0 Å². The molecule has 0 bridgehead atoms. The van der Waals surface area contributed by atoms with Crippen molar-refractivity contribution in [2.45, 2.75) is 19.8 Å². The summed E-state index contributed by atoms with van der Waals surface area (Å²) in [7, 11) is 0. The lowest BCUT2D eigenvalue weighted by Crippen LogP contribution is -2.30. The summed E-state index contributed by atoms with van der Waals surface area (Å²) in [6.07, 6.45) is 1.79. The second kappa shape index (κ2) is 3.45. The summed E-state index contributed by atoms with van der Waals surface area (Å²) in [6, 6.07) is 10.2. The lowest BCUT2D eigenvalue weighted by molar-refractivity contribution is -0.126. The highest BCUT2D eigenvalue weighted by Gasteiger charge is 2.37. The van der Waals surface area contributed by atoms with E-state index < -0.39 is 0 Å². The van der Waals surface area contributed by atoms with E-state index in [-0.39, 0.29) is 11.3 Å². The molecule has 1 aliphatic heterocycles. The average Bonchev–Trinajstić information content (AvgIpc) is 2.48. The topological polar surface area (TPSA) is 29.1 Å². The highest BCUT2D eigenvalue weighted by molar-refractivity contribution is 5.84. The van der Waals surface area contributed by atoms with E-state index in [2.05, 4.69) is 17.4 Å². The molecule has 1 atom stereocenters. The Morgan fingerprint density at radius 3 is 2.64 bits per heavy atom. The van der Waals surface area contributed by atoms with Gasteiger partial charge in [-0.3, -0.25) is 4.79 Å². The van der Waals surface area contributed by atoms with Crippen LogP contribution in [-0.2, 0) is 11.2 Å². The SMILES string of the molecule is C[C@@]1(Cc2ccccc2)CCNC1=O. The number of nitrogens with one attached hydrogen (secondary N) is 1. The maximum absolute atomic E-state index is 11.6. The van der Waals surface area contributed by atoms with Crippen LogP contribution in [0.25, 0.3) is 0 Å². The van der Waals surface area contributed by atoms with Crippen molar-refractivity contribution < 1.29 is 4.79 Å². The number of benzene rings is 1. The fraction of sp³-hybridized carbons (Fsp3) is 0.417. The van der Waals surface area contributed by atoms with Crippen molar-refractivity contribution in [3.8, 4) is 0 Å². The Kier molecular flexibility index (Phi) is 2.28. The molecule has 0 spiro atoms. The summed E-state index contributed by atoms with van der Waals surface area (Å²) in [5.74, 6) is 0.196. The molecule has 2 rings (SSSR count). The Morgan fingerprint density at radius 1 is 1.36 bits per heavy atom. The molecule has 74 valence electrons. The molecular formula is C12H15NO. The summed E-state index contributed by atoms with van der Waals surface area (Å²) < 4.78 is 0. The van der Waals surface area contributed by atoms with Crippen LogP contribution in [0, 0.1) is 5.41 Å². The van der Waals surface area contributed by atoms with Gasteiger partial charge in [-0.1, -0.05) is 37.3 Å². The zero-order chi connectivity index (χ0) is 10.0. The van der Waals surface area contributed by atoms with Gasteiger partial charge in [-0.2, -0.15) is 0 Å². The third-order valence-electron chi connectivity index (χ3n) is 2.95. The van der Waals surface area contributed by atoms with E-state index in [0.717, 1.165) is 19.4 Å². The number of carbonyl (C=O) groups excluding carboxylic acids is 1. The van der Waals surface area contributed by atoms with Crippen LogP contribution in [0.4, 0.5) is 0 Å². The summed E-state index contributed by atoms with van der Waals surface area (Å²) in [4.78, 5) is 11.6. The zero-order valence-electron chi connectivity index (χ0n) is 8.42. The van der Waals surface area contributed by atoms with E-state index in [9.17, 15) is 4.79 Å². The largest absolute Gasteiger partial charge is 0.356 e. The first-order chi connectivity index (χ1) is 6.71. The maximum atomic E-state index is 11.6. The molecule has 1 aliphatic rings. The van der Waals surface area contributed by atoms with Crippen LogP contribution >= 0.6 is 0 Å². The molecule has 1 saturated heterocycles. The molecule has 1 aromatic carbocycles. The van der Waals surface area contributed by atoms with Gasteiger partial charge >= 0.3 is 0 Å². The Bertz CT molecular complexity index is 333. The minimum absolute atomic E-state index is 0.193. The first-order valence-corrected chi connectivity index (χ1v) is 5.03. The van der Waals surface area contributed by atoms with Crippen LogP contribution in [0.15, 0.2) is 30.3 Å². The molecule has 1 N–H and O–H groups in total. The van der Waals surface area contributed by atoms with Gasteiger partial charge in [0.1, 0.15) is 0 Å². The molecule has 0 aromatic heterocycles. The van der Waals surface area contributed by atoms with E-state index in [1.54, 1.807) is 0 Å². The molecule has 1 aromatic rings. The van der Waals surface area contributed by atoms with Gasteiger partial charge in [0.05, 0.1) is 5.41 Å². The van der Waals surface area contributed by atoms with Gasteiger partial charge in [0.2, 0.25) is 5.91 Å². The fourth-order valence-electron chi connectivity index (χ4n) is 1.99. The van der Waals surface area contributed by atoms with Gasteiger partial charge < -0.3 is 5.32 Å². The molecule has 2 heteroatoms. The number of hydrogen-bond donors (Lipinski definition) is 1. The van der Waals surface area contributed by atoms with Crippen molar-refractivity contribution in [3.63, 3.8) is 0 Å². The number of rotatable bonds is 2. The lowest BCUT2D eigenvalue weighted by Gasteiger charge is -2.20. The normalized spacial score (nSPS) is 26.2.